The van der Waals surface area contributed by atoms with Crippen molar-refractivity contribution in [3.05, 3.63) is 72.2 Å². The number of carbonyl (C=O) groups is 1. The fourth-order valence-corrected chi connectivity index (χ4v) is 2.86. The Morgan fingerprint density at radius 3 is 2.59 bits per heavy atom. The third kappa shape index (κ3) is 5.01. The Labute approximate surface area is 167 Å². The van der Waals surface area contributed by atoms with Crippen LogP contribution in [0.25, 0.3) is 0 Å². The highest BCUT2D eigenvalue weighted by Gasteiger charge is 2.12. The average molecular weight is 394 g/mol. The number of hydrogen-bond acceptors (Lipinski definition) is 5. The Balaban J connectivity index is 1.28. The van der Waals surface area contributed by atoms with E-state index in [9.17, 15) is 9.18 Å². The van der Waals surface area contributed by atoms with Crippen molar-refractivity contribution in [3.63, 3.8) is 0 Å². The molecule has 1 N–H and O–H groups in total. The molecular formula is C22H19FN2O4. The first-order chi connectivity index (χ1) is 14.2. The molecule has 0 saturated heterocycles. The van der Waals surface area contributed by atoms with Crippen molar-refractivity contribution >= 4 is 11.6 Å². The van der Waals surface area contributed by atoms with E-state index in [0.29, 0.717) is 43.4 Å². The Morgan fingerprint density at radius 1 is 1.03 bits per heavy atom. The summed E-state index contributed by atoms with van der Waals surface area (Å²) in [6.45, 7) is 1.08. The Kier molecular flexibility index (Phi) is 5.56. The Hall–Kier alpha value is -3.61. The van der Waals surface area contributed by atoms with Crippen molar-refractivity contribution in [2.24, 2.45) is 0 Å². The number of fused-ring (bicyclic) bond motifs is 1. The zero-order chi connectivity index (χ0) is 20.1. The number of rotatable bonds is 6. The van der Waals surface area contributed by atoms with Gasteiger partial charge in [0.15, 0.2) is 11.5 Å². The monoisotopic (exact) mass is 394 g/mol. The predicted octanol–water partition coefficient (Wildman–Crippen LogP) is 4.36. The van der Waals surface area contributed by atoms with Crippen molar-refractivity contribution < 1.29 is 23.4 Å². The summed E-state index contributed by atoms with van der Waals surface area (Å²) in [7, 11) is 0. The van der Waals surface area contributed by atoms with Crippen LogP contribution in [0.2, 0.25) is 0 Å². The number of aromatic nitrogens is 1. The van der Waals surface area contributed by atoms with Gasteiger partial charge in [-0.1, -0.05) is 6.07 Å². The van der Waals surface area contributed by atoms with Gasteiger partial charge >= 0.3 is 0 Å². The van der Waals surface area contributed by atoms with Gasteiger partial charge in [0, 0.05) is 12.5 Å². The summed E-state index contributed by atoms with van der Waals surface area (Å²) >= 11 is 0. The average Bonchev–Trinajstić information content (AvgIpc) is 2.75. The highest BCUT2D eigenvalue weighted by atomic mass is 19.1. The minimum absolute atomic E-state index is 0.117. The van der Waals surface area contributed by atoms with Crippen molar-refractivity contribution in [3.8, 4) is 23.1 Å². The molecule has 0 radical (unpaired) electrons. The third-order valence-corrected chi connectivity index (χ3v) is 4.30. The van der Waals surface area contributed by atoms with Crippen molar-refractivity contribution in [1.82, 2.24) is 4.98 Å². The van der Waals surface area contributed by atoms with E-state index in [2.05, 4.69) is 10.3 Å². The molecule has 0 bridgehead atoms. The molecule has 3 aromatic rings. The van der Waals surface area contributed by atoms with Crippen LogP contribution in [0, 0.1) is 5.82 Å². The van der Waals surface area contributed by atoms with Crippen LogP contribution in [-0.4, -0.2) is 24.1 Å². The van der Waals surface area contributed by atoms with Crippen LogP contribution in [0.15, 0.2) is 60.8 Å². The summed E-state index contributed by atoms with van der Waals surface area (Å²) in [6, 6.07) is 14.7. The van der Waals surface area contributed by atoms with Gasteiger partial charge in [-0.15, -0.1) is 0 Å². The highest BCUT2D eigenvalue weighted by molar-refractivity contribution is 5.90. The topological polar surface area (TPSA) is 69.7 Å². The SMILES string of the molecule is O=C(CCc1ccc2c(c1)OCCO2)Nc1ccc(Oc2ccc(F)cc2)nc1. The van der Waals surface area contributed by atoms with E-state index in [1.54, 1.807) is 12.1 Å². The van der Waals surface area contributed by atoms with Gasteiger partial charge in [-0.25, -0.2) is 9.37 Å². The second kappa shape index (κ2) is 8.60. The fraction of sp³-hybridized carbons (Fsp3) is 0.182. The molecule has 1 aliphatic rings. The van der Waals surface area contributed by atoms with Crippen LogP contribution in [0.5, 0.6) is 23.1 Å². The van der Waals surface area contributed by atoms with Gasteiger partial charge in [0.25, 0.3) is 0 Å². The number of halogens is 1. The van der Waals surface area contributed by atoms with Crippen LogP contribution < -0.4 is 19.5 Å². The Morgan fingerprint density at radius 2 is 1.83 bits per heavy atom. The molecule has 148 valence electrons. The summed E-state index contributed by atoms with van der Waals surface area (Å²) in [6.07, 6.45) is 2.43. The van der Waals surface area contributed by atoms with Crippen LogP contribution >= 0.6 is 0 Å². The lowest BCUT2D eigenvalue weighted by molar-refractivity contribution is -0.116. The zero-order valence-corrected chi connectivity index (χ0v) is 15.6. The summed E-state index contributed by atoms with van der Waals surface area (Å²) in [5, 5.41) is 2.81. The second-order valence-corrected chi connectivity index (χ2v) is 6.47. The van der Waals surface area contributed by atoms with Gasteiger partial charge in [-0.05, 0) is 54.4 Å². The maximum absolute atomic E-state index is 12.9. The van der Waals surface area contributed by atoms with E-state index in [4.69, 9.17) is 14.2 Å². The second-order valence-electron chi connectivity index (χ2n) is 6.47. The lowest BCUT2D eigenvalue weighted by atomic mass is 10.1. The van der Waals surface area contributed by atoms with Gasteiger partial charge < -0.3 is 19.5 Å². The number of ether oxygens (including phenoxy) is 3. The van der Waals surface area contributed by atoms with Gasteiger partial charge in [0.1, 0.15) is 24.8 Å². The molecule has 0 saturated carbocycles. The van der Waals surface area contributed by atoms with E-state index in [0.717, 1.165) is 17.1 Å². The highest BCUT2D eigenvalue weighted by Crippen LogP contribution is 2.31. The van der Waals surface area contributed by atoms with Crippen molar-refractivity contribution in [2.75, 3.05) is 18.5 Å². The number of nitrogens with one attached hydrogen (secondary N) is 1. The molecule has 4 rings (SSSR count). The number of benzene rings is 2. The molecule has 7 heteroatoms. The molecule has 1 amide bonds. The number of pyridine rings is 1. The molecule has 1 aliphatic heterocycles. The largest absolute Gasteiger partial charge is 0.486 e. The molecule has 29 heavy (non-hydrogen) atoms. The molecule has 6 nitrogen and oxygen atoms in total. The minimum Gasteiger partial charge on any atom is -0.486 e. The third-order valence-electron chi connectivity index (χ3n) is 4.30. The molecule has 2 aromatic carbocycles. The van der Waals surface area contributed by atoms with E-state index in [1.165, 1.54) is 30.5 Å². The van der Waals surface area contributed by atoms with Crippen LogP contribution in [0.3, 0.4) is 0 Å². The van der Waals surface area contributed by atoms with Crippen molar-refractivity contribution in [1.29, 1.82) is 0 Å². The van der Waals surface area contributed by atoms with Crippen molar-refractivity contribution in [2.45, 2.75) is 12.8 Å². The van der Waals surface area contributed by atoms with Gasteiger partial charge in [-0.2, -0.15) is 0 Å². The Bertz CT molecular complexity index is 991. The summed E-state index contributed by atoms with van der Waals surface area (Å²) < 4.78 is 29.5. The zero-order valence-electron chi connectivity index (χ0n) is 15.6. The molecule has 0 spiro atoms. The molecule has 1 aromatic heterocycles. The first kappa shape index (κ1) is 18.7. The van der Waals surface area contributed by atoms with Crippen LogP contribution in [-0.2, 0) is 11.2 Å². The van der Waals surface area contributed by atoms with Gasteiger partial charge in [-0.3, -0.25) is 4.79 Å². The maximum Gasteiger partial charge on any atom is 0.224 e. The van der Waals surface area contributed by atoms with E-state index in [1.807, 2.05) is 18.2 Å². The first-order valence-electron chi connectivity index (χ1n) is 9.23. The quantitative estimate of drug-likeness (QED) is 0.673. The lowest BCUT2D eigenvalue weighted by Gasteiger charge is -2.18. The smallest absolute Gasteiger partial charge is 0.224 e. The number of amides is 1. The van der Waals surface area contributed by atoms with E-state index < -0.39 is 0 Å². The normalized spacial score (nSPS) is 12.3. The fourth-order valence-electron chi connectivity index (χ4n) is 2.86. The molecule has 0 unspecified atom stereocenters. The summed E-state index contributed by atoms with van der Waals surface area (Å²) in [5.41, 5.74) is 1.58. The number of hydrogen-bond donors (Lipinski definition) is 1. The van der Waals surface area contributed by atoms with Crippen LogP contribution in [0.1, 0.15) is 12.0 Å². The number of anilines is 1. The summed E-state index contributed by atoms with van der Waals surface area (Å²) in [4.78, 5) is 16.4. The molecular weight excluding hydrogens is 375 g/mol. The lowest BCUT2D eigenvalue weighted by Crippen LogP contribution is -2.15. The number of nitrogens with zero attached hydrogens (tertiary/aromatic N) is 1. The molecule has 0 atom stereocenters. The predicted molar refractivity (Wildman–Crippen MR) is 105 cm³/mol. The van der Waals surface area contributed by atoms with E-state index in [-0.39, 0.29) is 11.7 Å². The summed E-state index contributed by atoms with van der Waals surface area (Å²) in [5.74, 6) is 1.84. The number of carbonyl (C=O) groups excluding carboxylic acids is 1. The van der Waals surface area contributed by atoms with E-state index >= 15 is 0 Å². The minimum atomic E-state index is -0.334. The molecule has 2 heterocycles. The molecule has 0 aliphatic carbocycles. The first-order valence-corrected chi connectivity index (χ1v) is 9.23. The maximum atomic E-state index is 12.9. The standard InChI is InChI=1S/C22H19FN2O4/c23-16-3-6-18(7-4-16)29-22-10-5-17(14-24-22)25-21(26)9-2-15-1-8-19-20(13-15)28-12-11-27-19/h1,3-8,10,13-14H,2,9,11-12H2,(H,25,26). The van der Waals surface area contributed by atoms with Gasteiger partial charge in [0.2, 0.25) is 11.8 Å². The van der Waals surface area contributed by atoms with Crippen LogP contribution in [0.4, 0.5) is 10.1 Å². The number of aryl methyl sites for hydroxylation is 1. The molecule has 0 fully saturated rings. The van der Waals surface area contributed by atoms with Gasteiger partial charge in [0.05, 0.1) is 11.9 Å².